The number of hydrogen-bond donors (Lipinski definition) is 2. The molecular weight excluding hydrogens is 386 g/mol. The van der Waals surface area contributed by atoms with Crippen molar-refractivity contribution in [3.05, 3.63) is 59.3 Å². The number of benzene rings is 2. The number of H-pyrrole nitrogens is 1. The summed E-state index contributed by atoms with van der Waals surface area (Å²) < 4.78 is 16.1. The highest BCUT2D eigenvalue weighted by Gasteiger charge is 2.42. The number of methoxy groups -OCH3 is 1. The maximum atomic E-state index is 12.9. The molecule has 2 aliphatic rings. The molecule has 0 fully saturated rings. The van der Waals surface area contributed by atoms with Crippen molar-refractivity contribution in [1.29, 1.82) is 0 Å². The van der Waals surface area contributed by atoms with E-state index in [1.807, 2.05) is 42.5 Å². The van der Waals surface area contributed by atoms with Crippen LogP contribution in [-0.4, -0.2) is 49.4 Å². The molecule has 154 valence electrons. The van der Waals surface area contributed by atoms with Crippen LogP contribution in [0, 0.1) is 0 Å². The average molecular weight is 407 g/mol. The highest BCUT2D eigenvalue weighted by atomic mass is 16.7. The van der Waals surface area contributed by atoms with Gasteiger partial charge in [0, 0.05) is 30.2 Å². The molecule has 2 N–H and O–H groups in total. The van der Waals surface area contributed by atoms with E-state index in [-0.39, 0.29) is 25.3 Å². The summed E-state index contributed by atoms with van der Waals surface area (Å²) in [5, 5.41) is 3.64. The van der Waals surface area contributed by atoms with E-state index < -0.39 is 12.0 Å². The minimum Gasteiger partial charge on any atom is -0.468 e. The van der Waals surface area contributed by atoms with Gasteiger partial charge in [0.25, 0.3) is 0 Å². The van der Waals surface area contributed by atoms with Crippen LogP contribution in [0.3, 0.4) is 0 Å². The second-order valence-corrected chi connectivity index (χ2v) is 7.30. The molecule has 5 rings (SSSR count). The molecule has 0 spiro atoms. The van der Waals surface area contributed by atoms with Crippen LogP contribution in [0.5, 0.6) is 11.5 Å². The van der Waals surface area contributed by atoms with Gasteiger partial charge in [-0.15, -0.1) is 0 Å². The Bertz CT molecular complexity index is 1150. The summed E-state index contributed by atoms with van der Waals surface area (Å²) in [5.74, 6) is 0.338. The first-order chi connectivity index (χ1) is 14.6. The number of nitrogens with one attached hydrogen (secondary N) is 2. The number of aromatic amines is 1. The molecule has 0 saturated heterocycles. The van der Waals surface area contributed by atoms with Gasteiger partial charge in [-0.1, -0.05) is 24.3 Å². The quantitative estimate of drug-likeness (QED) is 0.638. The van der Waals surface area contributed by atoms with Gasteiger partial charge in [-0.3, -0.25) is 4.79 Å². The third-order valence-electron chi connectivity index (χ3n) is 5.76. The molecule has 30 heavy (non-hydrogen) atoms. The van der Waals surface area contributed by atoms with Crippen LogP contribution < -0.4 is 14.8 Å². The molecule has 0 saturated carbocycles. The summed E-state index contributed by atoms with van der Waals surface area (Å²) in [4.78, 5) is 30.7. The van der Waals surface area contributed by atoms with Gasteiger partial charge < -0.3 is 29.4 Å². The van der Waals surface area contributed by atoms with Gasteiger partial charge in [-0.2, -0.15) is 0 Å². The third-order valence-corrected chi connectivity index (χ3v) is 5.76. The molecule has 1 aromatic heterocycles. The summed E-state index contributed by atoms with van der Waals surface area (Å²) in [7, 11) is 2.94. The number of aromatic nitrogens is 1. The largest absolute Gasteiger partial charge is 0.468 e. The fourth-order valence-electron chi connectivity index (χ4n) is 4.43. The number of para-hydroxylation sites is 1. The zero-order chi connectivity index (χ0) is 20.8. The number of urea groups is 1. The molecule has 0 aliphatic carbocycles. The number of nitrogens with zero attached hydrogens (tertiary/aromatic N) is 1. The van der Waals surface area contributed by atoms with Crippen molar-refractivity contribution in [2.45, 2.75) is 12.0 Å². The predicted octanol–water partition coefficient (Wildman–Crippen LogP) is 2.90. The maximum absolute atomic E-state index is 12.9. The fraction of sp³-hybridized carbons (Fsp3) is 0.273. The van der Waals surface area contributed by atoms with Crippen molar-refractivity contribution in [1.82, 2.24) is 15.2 Å². The summed E-state index contributed by atoms with van der Waals surface area (Å²) >= 11 is 0. The molecular formula is C22H21N3O5. The van der Waals surface area contributed by atoms with E-state index >= 15 is 0 Å². The van der Waals surface area contributed by atoms with E-state index in [4.69, 9.17) is 14.2 Å². The molecule has 2 atom stereocenters. The van der Waals surface area contributed by atoms with Crippen molar-refractivity contribution in [3.8, 4) is 11.5 Å². The number of ether oxygens (including phenoxy) is 3. The van der Waals surface area contributed by atoms with Crippen LogP contribution in [0.2, 0.25) is 0 Å². The molecule has 3 heterocycles. The van der Waals surface area contributed by atoms with Gasteiger partial charge >= 0.3 is 12.0 Å². The zero-order valence-corrected chi connectivity index (χ0v) is 16.6. The average Bonchev–Trinajstić information content (AvgIpc) is 3.40. The monoisotopic (exact) mass is 407 g/mol. The molecule has 2 aromatic carbocycles. The van der Waals surface area contributed by atoms with Crippen LogP contribution in [0.1, 0.15) is 28.8 Å². The van der Waals surface area contributed by atoms with Gasteiger partial charge in [0.15, 0.2) is 11.5 Å². The van der Waals surface area contributed by atoms with Crippen molar-refractivity contribution >= 4 is 22.9 Å². The van der Waals surface area contributed by atoms with Crippen LogP contribution >= 0.6 is 0 Å². The highest BCUT2D eigenvalue weighted by Crippen LogP contribution is 2.45. The fourth-order valence-corrected chi connectivity index (χ4v) is 4.43. The van der Waals surface area contributed by atoms with E-state index in [0.29, 0.717) is 11.5 Å². The van der Waals surface area contributed by atoms with E-state index in [9.17, 15) is 9.59 Å². The van der Waals surface area contributed by atoms with E-state index in [0.717, 1.165) is 27.7 Å². The maximum Gasteiger partial charge on any atom is 0.318 e. The Labute approximate surface area is 172 Å². The number of esters is 1. The molecule has 0 bridgehead atoms. The van der Waals surface area contributed by atoms with Gasteiger partial charge in [0.05, 0.1) is 13.2 Å². The number of carbonyl (C=O) groups excluding carboxylic acids is 2. The smallest absolute Gasteiger partial charge is 0.318 e. The zero-order valence-electron chi connectivity index (χ0n) is 16.6. The minimum atomic E-state index is -0.594. The summed E-state index contributed by atoms with van der Waals surface area (Å²) in [6, 6.07) is 12.7. The summed E-state index contributed by atoms with van der Waals surface area (Å²) in [6.45, 7) is 0.366. The predicted molar refractivity (Wildman–Crippen MR) is 109 cm³/mol. The van der Waals surface area contributed by atoms with E-state index in [2.05, 4.69) is 10.3 Å². The highest BCUT2D eigenvalue weighted by molar-refractivity contribution is 5.93. The molecule has 0 radical (unpaired) electrons. The minimum absolute atomic E-state index is 0.171. The molecule has 8 nitrogen and oxygen atoms in total. The molecule has 2 aliphatic heterocycles. The topological polar surface area (TPSA) is 92.9 Å². The first-order valence-corrected chi connectivity index (χ1v) is 9.68. The van der Waals surface area contributed by atoms with Gasteiger partial charge in [0.1, 0.15) is 5.92 Å². The Balaban J connectivity index is 1.74. The van der Waals surface area contributed by atoms with Crippen LogP contribution in [-0.2, 0) is 9.53 Å². The van der Waals surface area contributed by atoms with Gasteiger partial charge in [-0.25, -0.2) is 4.79 Å². The first-order valence-electron chi connectivity index (χ1n) is 9.68. The second kappa shape index (κ2) is 6.98. The lowest BCUT2D eigenvalue weighted by Gasteiger charge is -2.38. The van der Waals surface area contributed by atoms with E-state index in [1.54, 1.807) is 11.9 Å². The first kappa shape index (κ1) is 18.4. The number of rotatable bonds is 2. The van der Waals surface area contributed by atoms with Gasteiger partial charge in [-0.05, 0) is 29.3 Å². The van der Waals surface area contributed by atoms with Crippen LogP contribution in [0.4, 0.5) is 4.79 Å². The van der Waals surface area contributed by atoms with Crippen molar-refractivity contribution < 1.29 is 23.8 Å². The van der Waals surface area contributed by atoms with E-state index in [1.165, 1.54) is 7.11 Å². The lowest BCUT2D eigenvalue weighted by molar-refractivity contribution is -0.143. The lowest BCUT2D eigenvalue weighted by atomic mass is 9.85. The number of fused-ring (bicyclic) bond motifs is 4. The summed E-state index contributed by atoms with van der Waals surface area (Å²) in [6.07, 6.45) is 0. The Hall–Kier alpha value is -3.68. The lowest BCUT2D eigenvalue weighted by Crippen LogP contribution is -2.47. The Kier molecular flexibility index (Phi) is 4.27. The number of amides is 2. The van der Waals surface area contributed by atoms with Gasteiger partial charge in [0.2, 0.25) is 6.79 Å². The Morgan fingerprint density at radius 3 is 2.77 bits per heavy atom. The summed E-state index contributed by atoms with van der Waals surface area (Å²) in [5.41, 5.74) is 3.42. The standard InChI is InChI=1S/C22H21N3O5/c1-23-22(27)25-10-14(21(26)28-2)18-13-5-3-4-6-15(13)24-19(18)20(25)12-7-8-16-17(9-12)30-11-29-16/h3-9,14,20,24H,10-11H2,1-2H3,(H,23,27)/t14?,20-/m0/s1. The Morgan fingerprint density at radius 2 is 1.97 bits per heavy atom. The number of carbonyl (C=O) groups is 2. The normalized spacial score (nSPS) is 19.5. The van der Waals surface area contributed by atoms with Crippen molar-refractivity contribution in [2.24, 2.45) is 0 Å². The number of hydrogen-bond acceptors (Lipinski definition) is 5. The van der Waals surface area contributed by atoms with Crippen LogP contribution in [0.15, 0.2) is 42.5 Å². The third kappa shape index (κ3) is 2.67. The molecule has 2 amide bonds. The van der Waals surface area contributed by atoms with Crippen molar-refractivity contribution in [3.63, 3.8) is 0 Å². The molecule has 3 aromatic rings. The SMILES string of the molecule is CNC(=O)N1CC(C(=O)OC)c2c([nH]c3ccccc23)[C@@H]1c1ccc2c(c1)OCO2. The molecule has 8 heteroatoms. The molecule has 1 unspecified atom stereocenters. The van der Waals surface area contributed by atoms with Crippen molar-refractivity contribution in [2.75, 3.05) is 27.5 Å². The Morgan fingerprint density at radius 1 is 1.17 bits per heavy atom. The second-order valence-electron chi connectivity index (χ2n) is 7.30. The van der Waals surface area contributed by atoms with Crippen LogP contribution in [0.25, 0.3) is 10.9 Å².